The van der Waals surface area contributed by atoms with E-state index in [4.69, 9.17) is 4.52 Å². The molecule has 4 heteroatoms. The van der Waals surface area contributed by atoms with Crippen LogP contribution in [0.25, 0.3) is 11.0 Å². The molecule has 0 spiro atoms. The van der Waals surface area contributed by atoms with E-state index in [-0.39, 0.29) is 11.3 Å². The zero-order chi connectivity index (χ0) is 15.7. The van der Waals surface area contributed by atoms with Crippen LogP contribution in [0.2, 0.25) is 0 Å². The second-order valence-electron chi connectivity index (χ2n) is 6.31. The fourth-order valence-corrected chi connectivity index (χ4v) is 2.28. The fourth-order valence-electron chi connectivity index (χ4n) is 2.28. The number of benzene rings is 2. The van der Waals surface area contributed by atoms with Crippen LogP contribution in [0.1, 0.15) is 36.7 Å². The number of amides is 1. The van der Waals surface area contributed by atoms with Crippen molar-refractivity contribution in [2.45, 2.75) is 26.2 Å². The number of carbonyl (C=O) groups is 1. The van der Waals surface area contributed by atoms with Crippen molar-refractivity contribution in [2.24, 2.45) is 0 Å². The summed E-state index contributed by atoms with van der Waals surface area (Å²) in [6.07, 6.45) is 0. The van der Waals surface area contributed by atoms with E-state index in [2.05, 4.69) is 31.2 Å². The first kappa shape index (κ1) is 14.3. The monoisotopic (exact) mass is 294 g/mol. The van der Waals surface area contributed by atoms with Gasteiger partial charge in [0, 0.05) is 5.56 Å². The molecule has 0 fully saturated rings. The van der Waals surface area contributed by atoms with Crippen LogP contribution in [-0.2, 0) is 5.41 Å². The molecule has 3 rings (SSSR count). The molecule has 1 heterocycles. The van der Waals surface area contributed by atoms with Gasteiger partial charge in [-0.05, 0) is 35.2 Å². The lowest BCUT2D eigenvalue weighted by atomic mass is 9.87. The number of hydrogen-bond acceptors (Lipinski definition) is 3. The largest absolute Gasteiger partial charge is 0.354 e. The first-order chi connectivity index (χ1) is 10.4. The quantitative estimate of drug-likeness (QED) is 0.763. The Labute approximate surface area is 129 Å². The zero-order valence-corrected chi connectivity index (χ0v) is 12.9. The molecule has 112 valence electrons. The Balaban J connectivity index is 1.83. The second kappa shape index (κ2) is 5.30. The van der Waals surface area contributed by atoms with E-state index in [9.17, 15) is 4.79 Å². The molecule has 1 amide bonds. The summed E-state index contributed by atoms with van der Waals surface area (Å²) in [6.45, 7) is 6.43. The first-order valence-electron chi connectivity index (χ1n) is 7.21. The molecule has 22 heavy (non-hydrogen) atoms. The Bertz CT molecular complexity index is 811. The maximum absolute atomic E-state index is 12.3. The molecule has 0 unspecified atom stereocenters. The van der Waals surface area contributed by atoms with E-state index < -0.39 is 0 Å². The van der Waals surface area contributed by atoms with E-state index in [1.807, 2.05) is 48.5 Å². The van der Waals surface area contributed by atoms with Crippen LogP contribution in [0.4, 0.5) is 5.82 Å². The van der Waals surface area contributed by atoms with E-state index in [1.54, 1.807) is 0 Å². The van der Waals surface area contributed by atoms with Gasteiger partial charge in [0.15, 0.2) is 11.4 Å². The van der Waals surface area contributed by atoms with Crippen LogP contribution in [0, 0.1) is 0 Å². The fraction of sp³-hybridized carbons (Fsp3) is 0.222. The van der Waals surface area contributed by atoms with E-state index in [0.717, 1.165) is 5.39 Å². The summed E-state index contributed by atoms with van der Waals surface area (Å²) in [6, 6.07) is 15.1. The summed E-state index contributed by atoms with van der Waals surface area (Å²) in [7, 11) is 0. The van der Waals surface area contributed by atoms with E-state index >= 15 is 0 Å². The number of nitrogens with zero attached hydrogens (tertiary/aromatic N) is 1. The van der Waals surface area contributed by atoms with Gasteiger partial charge < -0.3 is 9.84 Å². The van der Waals surface area contributed by atoms with Gasteiger partial charge in [0.05, 0.1) is 5.39 Å². The topological polar surface area (TPSA) is 55.1 Å². The molecular weight excluding hydrogens is 276 g/mol. The third-order valence-corrected chi connectivity index (χ3v) is 3.62. The van der Waals surface area contributed by atoms with Gasteiger partial charge in [-0.1, -0.05) is 50.2 Å². The van der Waals surface area contributed by atoms with Crippen LogP contribution in [0.3, 0.4) is 0 Å². The first-order valence-corrected chi connectivity index (χ1v) is 7.21. The van der Waals surface area contributed by atoms with Gasteiger partial charge >= 0.3 is 0 Å². The van der Waals surface area contributed by atoms with Gasteiger partial charge in [-0.25, -0.2) is 0 Å². The highest BCUT2D eigenvalue weighted by Crippen LogP contribution is 2.24. The predicted octanol–water partition coefficient (Wildman–Crippen LogP) is 4.38. The Morgan fingerprint density at radius 1 is 1.05 bits per heavy atom. The number of nitrogens with one attached hydrogen (secondary N) is 1. The number of fused-ring (bicyclic) bond motifs is 1. The molecule has 3 aromatic rings. The summed E-state index contributed by atoms with van der Waals surface area (Å²) >= 11 is 0. The highest BCUT2D eigenvalue weighted by atomic mass is 16.5. The summed E-state index contributed by atoms with van der Waals surface area (Å²) in [4.78, 5) is 12.3. The van der Waals surface area contributed by atoms with Crippen LogP contribution < -0.4 is 5.32 Å². The smallest absolute Gasteiger partial charge is 0.256 e. The van der Waals surface area contributed by atoms with Crippen molar-refractivity contribution < 1.29 is 9.32 Å². The SMILES string of the molecule is CC(C)(C)c1ccc(C(=O)Nc2noc3ccccc23)cc1. The maximum Gasteiger partial charge on any atom is 0.256 e. The Morgan fingerprint density at radius 3 is 2.41 bits per heavy atom. The Kier molecular flexibility index (Phi) is 3.45. The number of aromatic nitrogens is 1. The lowest BCUT2D eigenvalue weighted by molar-refractivity contribution is 0.102. The number of rotatable bonds is 2. The van der Waals surface area contributed by atoms with Crippen LogP contribution in [0.15, 0.2) is 53.1 Å². The maximum atomic E-state index is 12.3. The van der Waals surface area contributed by atoms with Crippen LogP contribution in [-0.4, -0.2) is 11.1 Å². The molecule has 0 bridgehead atoms. The summed E-state index contributed by atoms with van der Waals surface area (Å²) < 4.78 is 5.18. The molecule has 4 nitrogen and oxygen atoms in total. The van der Waals surface area contributed by atoms with Gasteiger partial charge in [-0.15, -0.1) is 0 Å². The summed E-state index contributed by atoms with van der Waals surface area (Å²) in [5.74, 6) is 0.250. The van der Waals surface area contributed by atoms with Crippen molar-refractivity contribution in [3.8, 4) is 0 Å². The van der Waals surface area contributed by atoms with Crippen LogP contribution in [0.5, 0.6) is 0 Å². The molecule has 0 saturated carbocycles. The average Bonchev–Trinajstić information content (AvgIpc) is 2.90. The van der Waals surface area contributed by atoms with Crippen molar-refractivity contribution in [3.63, 3.8) is 0 Å². The highest BCUT2D eigenvalue weighted by Gasteiger charge is 2.15. The molecule has 0 aliphatic rings. The van der Waals surface area contributed by atoms with Gasteiger partial charge in [0.2, 0.25) is 0 Å². The molecule has 0 saturated heterocycles. The number of para-hydroxylation sites is 1. The van der Waals surface area contributed by atoms with Crippen molar-refractivity contribution in [3.05, 3.63) is 59.7 Å². The molecule has 1 N–H and O–H groups in total. The number of hydrogen-bond donors (Lipinski definition) is 1. The van der Waals surface area contributed by atoms with Gasteiger partial charge in [0.25, 0.3) is 5.91 Å². The molecule has 0 radical (unpaired) electrons. The van der Waals surface area contributed by atoms with Gasteiger partial charge in [0.1, 0.15) is 0 Å². The predicted molar refractivity (Wildman–Crippen MR) is 87.1 cm³/mol. The lowest BCUT2D eigenvalue weighted by Gasteiger charge is -2.18. The second-order valence-corrected chi connectivity index (χ2v) is 6.31. The number of carbonyl (C=O) groups excluding carboxylic acids is 1. The highest BCUT2D eigenvalue weighted by molar-refractivity contribution is 6.07. The minimum atomic E-state index is -0.195. The summed E-state index contributed by atoms with van der Waals surface area (Å²) in [5.41, 5.74) is 2.51. The molecular formula is C18H18N2O2. The van der Waals surface area contributed by atoms with Crippen LogP contribution >= 0.6 is 0 Å². The van der Waals surface area contributed by atoms with Crippen molar-refractivity contribution in [1.29, 1.82) is 0 Å². The van der Waals surface area contributed by atoms with Gasteiger partial charge in [-0.2, -0.15) is 0 Å². The summed E-state index contributed by atoms with van der Waals surface area (Å²) in [5, 5.41) is 7.50. The Morgan fingerprint density at radius 2 is 1.73 bits per heavy atom. The average molecular weight is 294 g/mol. The molecule has 1 aromatic heterocycles. The van der Waals surface area contributed by atoms with E-state index in [1.165, 1.54) is 5.56 Å². The standard InChI is InChI=1S/C18H18N2O2/c1-18(2,3)13-10-8-12(9-11-13)17(21)19-16-14-6-4-5-7-15(14)22-20-16/h4-11H,1-3H3,(H,19,20,21). The molecule has 0 aliphatic carbocycles. The molecule has 2 aromatic carbocycles. The van der Waals surface area contributed by atoms with Crippen molar-refractivity contribution in [1.82, 2.24) is 5.16 Å². The molecule has 0 atom stereocenters. The van der Waals surface area contributed by atoms with Crippen molar-refractivity contribution in [2.75, 3.05) is 5.32 Å². The lowest BCUT2D eigenvalue weighted by Crippen LogP contribution is -2.14. The minimum Gasteiger partial charge on any atom is -0.354 e. The van der Waals surface area contributed by atoms with Crippen molar-refractivity contribution >= 4 is 22.7 Å². The zero-order valence-electron chi connectivity index (χ0n) is 12.9. The number of anilines is 1. The van der Waals surface area contributed by atoms with Gasteiger partial charge in [-0.3, -0.25) is 4.79 Å². The molecule has 0 aliphatic heterocycles. The Hall–Kier alpha value is -2.62. The van der Waals surface area contributed by atoms with E-state index in [0.29, 0.717) is 17.0 Å². The third-order valence-electron chi connectivity index (χ3n) is 3.62. The normalized spacial score (nSPS) is 11.6. The minimum absolute atomic E-state index is 0.0668. The third kappa shape index (κ3) is 2.72.